The second-order valence-corrected chi connectivity index (χ2v) is 5.15. The summed E-state index contributed by atoms with van der Waals surface area (Å²) in [6, 6.07) is 9.35. The molecule has 0 unspecified atom stereocenters. The summed E-state index contributed by atoms with van der Waals surface area (Å²) in [4.78, 5) is 12.0. The number of aryl methyl sites for hydroxylation is 1. The van der Waals surface area contributed by atoms with Gasteiger partial charge in [-0.1, -0.05) is 13.0 Å². The summed E-state index contributed by atoms with van der Waals surface area (Å²) in [5.74, 6) is 0.962. The van der Waals surface area contributed by atoms with Crippen molar-refractivity contribution >= 4 is 34.2 Å². The quantitative estimate of drug-likeness (QED) is 0.846. The van der Waals surface area contributed by atoms with Crippen LogP contribution in [0.2, 0.25) is 0 Å². The van der Waals surface area contributed by atoms with Crippen LogP contribution in [-0.2, 0) is 6.42 Å². The van der Waals surface area contributed by atoms with Gasteiger partial charge >= 0.3 is 0 Å². The molecule has 94 valence electrons. The van der Waals surface area contributed by atoms with E-state index in [1.807, 2.05) is 38.1 Å². The molecular formula is C14H14INO2. The van der Waals surface area contributed by atoms with Crippen molar-refractivity contribution in [1.29, 1.82) is 0 Å². The highest BCUT2D eigenvalue weighted by Gasteiger charge is 2.12. The van der Waals surface area contributed by atoms with Crippen LogP contribution < -0.4 is 5.32 Å². The molecule has 0 aliphatic heterocycles. The number of carbonyl (C=O) groups is 1. The van der Waals surface area contributed by atoms with Crippen LogP contribution in [0.3, 0.4) is 0 Å². The van der Waals surface area contributed by atoms with E-state index in [1.165, 1.54) is 0 Å². The van der Waals surface area contributed by atoms with E-state index in [0.29, 0.717) is 5.76 Å². The van der Waals surface area contributed by atoms with Gasteiger partial charge in [-0.2, -0.15) is 0 Å². The lowest BCUT2D eigenvalue weighted by molar-refractivity contribution is 0.0995. The zero-order valence-corrected chi connectivity index (χ0v) is 12.4. The average Bonchev–Trinajstić information content (AvgIpc) is 2.83. The van der Waals surface area contributed by atoms with Crippen LogP contribution in [0, 0.1) is 10.5 Å². The fourth-order valence-corrected chi connectivity index (χ4v) is 2.11. The number of hydrogen-bond acceptors (Lipinski definition) is 2. The standard InChI is InChI=1S/C14H14INO2/c1-3-10-7-8-13(18-10)14(17)16-12-6-4-5-11(15)9(12)2/h4-8H,3H2,1-2H3,(H,16,17). The molecule has 0 saturated heterocycles. The first-order chi connectivity index (χ1) is 8.61. The molecule has 3 nitrogen and oxygen atoms in total. The van der Waals surface area contributed by atoms with Gasteiger partial charge in [0.1, 0.15) is 5.76 Å². The Morgan fingerprint density at radius 1 is 1.33 bits per heavy atom. The maximum Gasteiger partial charge on any atom is 0.291 e. The highest BCUT2D eigenvalue weighted by molar-refractivity contribution is 14.1. The van der Waals surface area contributed by atoms with Crippen molar-refractivity contribution in [2.75, 3.05) is 5.32 Å². The maximum atomic E-state index is 12.0. The number of anilines is 1. The van der Waals surface area contributed by atoms with Gasteiger partial charge in [-0.3, -0.25) is 4.79 Å². The first-order valence-corrected chi connectivity index (χ1v) is 6.85. The van der Waals surface area contributed by atoms with Gasteiger partial charge in [-0.25, -0.2) is 0 Å². The molecular weight excluding hydrogens is 341 g/mol. The smallest absolute Gasteiger partial charge is 0.291 e. The first kappa shape index (κ1) is 13.1. The Morgan fingerprint density at radius 3 is 2.78 bits per heavy atom. The Hall–Kier alpha value is -1.30. The normalized spacial score (nSPS) is 10.4. The van der Waals surface area contributed by atoms with Crippen LogP contribution >= 0.6 is 22.6 Å². The van der Waals surface area contributed by atoms with Gasteiger partial charge in [0.2, 0.25) is 0 Å². The Morgan fingerprint density at radius 2 is 2.11 bits per heavy atom. The molecule has 0 atom stereocenters. The monoisotopic (exact) mass is 355 g/mol. The molecule has 1 aromatic heterocycles. The minimum absolute atomic E-state index is 0.209. The van der Waals surface area contributed by atoms with Crippen LogP contribution in [0.5, 0.6) is 0 Å². The molecule has 1 amide bonds. The molecule has 4 heteroatoms. The van der Waals surface area contributed by atoms with Gasteiger partial charge in [-0.05, 0) is 59.3 Å². The number of nitrogens with one attached hydrogen (secondary N) is 1. The predicted molar refractivity (Wildman–Crippen MR) is 79.9 cm³/mol. The lowest BCUT2D eigenvalue weighted by Gasteiger charge is -2.08. The van der Waals surface area contributed by atoms with Crippen molar-refractivity contribution < 1.29 is 9.21 Å². The summed E-state index contributed by atoms with van der Waals surface area (Å²) >= 11 is 2.25. The van der Waals surface area contributed by atoms with E-state index in [9.17, 15) is 4.79 Å². The van der Waals surface area contributed by atoms with Gasteiger partial charge in [0.15, 0.2) is 5.76 Å². The fourth-order valence-electron chi connectivity index (χ4n) is 1.62. The van der Waals surface area contributed by atoms with E-state index in [1.54, 1.807) is 6.07 Å². The molecule has 0 radical (unpaired) electrons. The average molecular weight is 355 g/mol. The van der Waals surface area contributed by atoms with E-state index in [2.05, 4.69) is 27.9 Å². The second-order valence-electron chi connectivity index (χ2n) is 3.99. The molecule has 1 aromatic carbocycles. The van der Waals surface area contributed by atoms with Crippen molar-refractivity contribution in [1.82, 2.24) is 0 Å². The van der Waals surface area contributed by atoms with Gasteiger partial charge in [0.05, 0.1) is 0 Å². The topological polar surface area (TPSA) is 42.2 Å². The molecule has 0 saturated carbocycles. The molecule has 0 bridgehead atoms. The highest BCUT2D eigenvalue weighted by Crippen LogP contribution is 2.21. The highest BCUT2D eigenvalue weighted by atomic mass is 127. The van der Waals surface area contributed by atoms with Crippen LogP contribution in [-0.4, -0.2) is 5.91 Å². The van der Waals surface area contributed by atoms with Crippen molar-refractivity contribution in [2.24, 2.45) is 0 Å². The summed E-state index contributed by atoms with van der Waals surface area (Å²) in [6.07, 6.45) is 0.787. The number of halogens is 1. The van der Waals surface area contributed by atoms with E-state index in [4.69, 9.17) is 4.42 Å². The summed E-state index contributed by atoms with van der Waals surface area (Å²) < 4.78 is 6.55. The largest absolute Gasteiger partial charge is 0.456 e. The first-order valence-electron chi connectivity index (χ1n) is 5.77. The summed E-state index contributed by atoms with van der Waals surface area (Å²) in [5.41, 5.74) is 1.88. The Labute approximate surface area is 120 Å². The van der Waals surface area contributed by atoms with Crippen LogP contribution in [0.15, 0.2) is 34.7 Å². The number of furan rings is 1. The molecule has 2 aromatic rings. The van der Waals surface area contributed by atoms with E-state index in [-0.39, 0.29) is 5.91 Å². The van der Waals surface area contributed by atoms with Gasteiger partial charge in [-0.15, -0.1) is 0 Å². The zero-order valence-electron chi connectivity index (χ0n) is 10.3. The van der Waals surface area contributed by atoms with Crippen molar-refractivity contribution in [2.45, 2.75) is 20.3 Å². The third-order valence-electron chi connectivity index (χ3n) is 2.75. The fraction of sp³-hybridized carbons (Fsp3) is 0.214. The second kappa shape index (κ2) is 5.56. The minimum atomic E-state index is -0.209. The molecule has 2 rings (SSSR count). The third-order valence-corrected chi connectivity index (χ3v) is 3.92. The maximum absolute atomic E-state index is 12.0. The number of rotatable bonds is 3. The Kier molecular flexibility index (Phi) is 4.06. The molecule has 0 aliphatic rings. The summed E-state index contributed by atoms with van der Waals surface area (Å²) in [6.45, 7) is 3.97. The van der Waals surface area contributed by atoms with E-state index >= 15 is 0 Å². The number of hydrogen-bond donors (Lipinski definition) is 1. The number of benzene rings is 1. The van der Waals surface area contributed by atoms with Crippen LogP contribution in [0.25, 0.3) is 0 Å². The van der Waals surface area contributed by atoms with Crippen molar-refractivity contribution in [3.63, 3.8) is 0 Å². The third kappa shape index (κ3) is 2.75. The SMILES string of the molecule is CCc1ccc(C(=O)Nc2cccc(I)c2C)o1. The van der Waals surface area contributed by atoms with Crippen LogP contribution in [0.1, 0.15) is 28.8 Å². The van der Waals surface area contributed by atoms with Gasteiger partial charge in [0.25, 0.3) is 5.91 Å². The van der Waals surface area contributed by atoms with Crippen molar-refractivity contribution in [3.05, 3.63) is 51.0 Å². The summed E-state index contributed by atoms with van der Waals surface area (Å²) in [5, 5.41) is 2.87. The molecule has 0 fully saturated rings. The zero-order chi connectivity index (χ0) is 13.1. The number of amides is 1. The lowest BCUT2D eigenvalue weighted by Crippen LogP contribution is -2.12. The molecule has 1 heterocycles. The predicted octanol–water partition coefficient (Wildman–Crippen LogP) is 4.01. The van der Waals surface area contributed by atoms with E-state index < -0.39 is 0 Å². The molecule has 0 aliphatic carbocycles. The van der Waals surface area contributed by atoms with Crippen LogP contribution in [0.4, 0.5) is 5.69 Å². The number of carbonyl (C=O) groups excluding carboxylic acids is 1. The van der Waals surface area contributed by atoms with Crippen molar-refractivity contribution in [3.8, 4) is 0 Å². The van der Waals surface area contributed by atoms with Gasteiger partial charge < -0.3 is 9.73 Å². The summed E-state index contributed by atoms with van der Waals surface area (Å²) in [7, 11) is 0. The Balaban J connectivity index is 2.18. The molecule has 1 N–H and O–H groups in total. The van der Waals surface area contributed by atoms with E-state index in [0.717, 1.165) is 27.0 Å². The lowest BCUT2D eigenvalue weighted by atomic mass is 10.2. The molecule has 0 spiro atoms. The van der Waals surface area contributed by atoms with Gasteiger partial charge in [0, 0.05) is 15.7 Å². The minimum Gasteiger partial charge on any atom is -0.456 e. The molecule has 18 heavy (non-hydrogen) atoms. The Bertz CT molecular complexity index is 575.